The van der Waals surface area contributed by atoms with Gasteiger partial charge in [-0.2, -0.15) is 39.5 Å². The minimum Gasteiger partial charge on any atom is -0.475 e. The summed E-state index contributed by atoms with van der Waals surface area (Å²) >= 11 is 0. The molecule has 4 heterocycles. The molecule has 5 rings (SSSR count). The van der Waals surface area contributed by atoms with Crippen molar-refractivity contribution >= 4 is 17.9 Å². The number of rotatable bonds is 5. The first kappa shape index (κ1) is 41.2. The number of carboxylic acids is 3. The van der Waals surface area contributed by atoms with Crippen molar-refractivity contribution in [1.82, 2.24) is 14.8 Å². The molecule has 1 aromatic carbocycles. The normalized spacial score (nSPS) is 22.6. The van der Waals surface area contributed by atoms with Crippen molar-refractivity contribution in [3.63, 3.8) is 0 Å². The van der Waals surface area contributed by atoms with Crippen LogP contribution in [0.2, 0.25) is 0 Å². The molecule has 3 N–H and O–H groups in total. The lowest BCUT2D eigenvalue weighted by atomic mass is 9.68. The molecule has 10 nitrogen and oxygen atoms in total. The highest BCUT2D eigenvalue weighted by atomic mass is 19.4. The Kier molecular flexibility index (Phi) is 14.8. The average molecular weight is 720 g/mol. The molecule has 3 fully saturated rings. The van der Waals surface area contributed by atoms with Crippen LogP contribution in [-0.2, 0) is 31.1 Å². The van der Waals surface area contributed by atoms with Gasteiger partial charge in [-0.3, -0.25) is 9.88 Å². The molecular weight excluding hydrogens is 685 g/mol. The van der Waals surface area contributed by atoms with Gasteiger partial charge in [0.05, 0.1) is 6.61 Å². The summed E-state index contributed by atoms with van der Waals surface area (Å²) < 4.78 is 101. The van der Waals surface area contributed by atoms with Gasteiger partial charge in [0.15, 0.2) is 0 Å². The van der Waals surface area contributed by atoms with Crippen molar-refractivity contribution in [3.05, 3.63) is 66.0 Å². The fraction of sp³-hybridized carbons (Fsp3) is 0.533. The molecule has 0 bridgehead atoms. The van der Waals surface area contributed by atoms with E-state index in [0.29, 0.717) is 11.3 Å². The molecule has 1 aromatic heterocycles. The van der Waals surface area contributed by atoms with E-state index < -0.39 is 36.4 Å². The second-order valence-electron chi connectivity index (χ2n) is 11.4. The van der Waals surface area contributed by atoms with Crippen LogP contribution in [0.25, 0.3) is 0 Å². The Morgan fingerprint density at radius 3 is 1.80 bits per heavy atom. The number of carbonyl (C=O) groups is 3. The summed E-state index contributed by atoms with van der Waals surface area (Å²) in [6.45, 7) is 8.90. The number of piperidine rings is 1. The zero-order valence-corrected chi connectivity index (χ0v) is 25.6. The van der Waals surface area contributed by atoms with Gasteiger partial charge in [-0.05, 0) is 48.4 Å². The van der Waals surface area contributed by atoms with Crippen LogP contribution in [0.5, 0.6) is 0 Å². The molecule has 49 heavy (non-hydrogen) atoms. The van der Waals surface area contributed by atoms with E-state index in [0.717, 1.165) is 32.2 Å². The van der Waals surface area contributed by atoms with Crippen molar-refractivity contribution in [2.75, 3.05) is 45.9 Å². The number of alkyl halides is 9. The molecule has 0 aliphatic carbocycles. The summed E-state index contributed by atoms with van der Waals surface area (Å²) in [7, 11) is 0. The molecule has 3 aliphatic rings. The Morgan fingerprint density at radius 1 is 0.816 bits per heavy atom. The molecule has 0 radical (unpaired) electrons. The quantitative estimate of drug-likeness (QED) is 0.358. The molecule has 19 heteroatoms. The SMILES string of the molecule is O=C(O)C(F)(F)F.O=C(O)C(F)(F)F.O=C(O)C(F)(F)F.c1ccc(C23CCN(CC4CCOC4)CC2CN(Cc2cccnc2)C3)cc1. The highest BCUT2D eigenvalue weighted by molar-refractivity contribution is 5.73. The highest BCUT2D eigenvalue weighted by Gasteiger charge is 2.50. The number of hydrogen-bond donors (Lipinski definition) is 3. The van der Waals surface area contributed by atoms with E-state index in [9.17, 15) is 39.5 Å². The molecule has 3 saturated heterocycles. The Labute approximate surface area is 274 Å². The molecule has 0 spiro atoms. The maximum atomic E-state index is 10.6. The number of nitrogens with zero attached hydrogens (tertiary/aromatic N) is 3. The van der Waals surface area contributed by atoms with Gasteiger partial charge >= 0.3 is 36.4 Å². The zero-order valence-electron chi connectivity index (χ0n) is 25.6. The lowest BCUT2D eigenvalue weighted by Gasteiger charge is -2.44. The Bertz CT molecular complexity index is 1280. The fourth-order valence-corrected chi connectivity index (χ4v) is 5.73. The molecule has 3 aliphatic heterocycles. The van der Waals surface area contributed by atoms with Crippen LogP contribution in [0.3, 0.4) is 0 Å². The minimum atomic E-state index is -5.08. The number of hydrogen-bond acceptors (Lipinski definition) is 7. The van der Waals surface area contributed by atoms with Crippen molar-refractivity contribution in [2.24, 2.45) is 11.8 Å². The third kappa shape index (κ3) is 13.5. The largest absolute Gasteiger partial charge is 0.490 e. The van der Waals surface area contributed by atoms with Crippen molar-refractivity contribution < 1.29 is 74.0 Å². The number of pyridine rings is 1. The van der Waals surface area contributed by atoms with Gasteiger partial charge in [-0.25, -0.2) is 14.4 Å². The predicted molar refractivity (Wildman–Crippen MR) is 152 cm³/mol. The fourth-order valence-electron chi connectivity index (χ4n) is 5.73. The standard InChI is InChI=1S/C24H31N3O.3C2HF3O2/c1-2-6-22(7-3-1)24-9-11-26(15-21-8-12-28-18-21)16-23(24)17-27(19-24)14-20-5-4-10-25-13-20;3*3-2(4,5)1(6)7/h1-7,10,13,21,23H,8-9,11-12,14-19H2;3*(H,6,7). The first-order valence-electron chi connectivity index (χ1n) is 14.5. The van der Waals surface area contributed by atoms with Crippen LogP contribution in [0.15, 0.2) is 54.9 Å². The number of aromatic nitrogens is 1. The smallest absolute Gasteiger partial charge is 0.475 e. The molecular formula is C30H34F9N3O7. The van der Waals surface area contributed by atoms with Gasteiger partial charge in [-0.15, -0.1) is 0 Å². The predicted octanol–water partition coefficient (Wildman–Crippen LogP) is 5.09. The summed E-state index contributed by atoms with van der Waals surface area (Å²) in [5.74, 6) is -6.84. The number of fused-ring (bicyclic) bond motifs is 1. The van der Waals surface area contributed by atoms with Crippen LogP contribution in [-0.4, -0.2) is 112 Å². The van der Waals surface area contributed by atoms with E-state index in [4.69, 9.17) is 34.4 Å². The van der Waals surface area contributed by atoms with Gasteiger partial charge in [0.2, 0.25) is 0 Å². The van der Waals surface area contributed by atoms with E-state index in [1.165, 1.54) is 50.1 Å². The van der Waals surface area contributed by atoms with Crippen molar-refractivity contribution in [1.29, 1.82) is 0 Å². The Morgan fingerprint density at radius 2 is 1.35 bits per heavy atom. The maximum absolute atomic E-state index is 10.6. The highest BCUT2D eigenvalue weighted by Crippen LogP contribution is 2.45. The summed E-state index contributed by atoms with van der Waals surface area (Å²) in [6, 6.07) is 15.6. The van der Waals surface area contributed by atoms with E-state index in [1.807, 2.05) is 12.4 Å². The number of ether oxygens (including phenoxy) is 1. The number of aliphatic carboxylic acids is 3. The summed E-state index contributed by atoms with van der Waals surface area (Å²) in [5, 5.41) is 21.4. The molecule has 3 atom stereocenters. The lowest BCUT2D eigenvalue weighted by molar-refractivity contribution is -0.193. The van der Waals surface area contributed by atoms with Gasteiger partial charge in [0, 0.05) is 57.1 Å². The van der Waals surface area contributed by atoms with Crippen LogP contribution >= 0.6 is 0 Å². The molecule has 0 amide bonds. The third-order valence-corrected chi connectivity index (χ3v) is 7.86. The van der Waals surface area contributed by atoms with Crippen molar-refractivity contribution in [3.8, 4) is 0 Å². The summed E-state index contributed by atoms with van der Waals surface area (Å²) in [4.78, 5) is 36.4. The minimum absolute atomic E-state index is 0.298. The molecule has 0 saturated carbocycles. The Hall–Kier alpha value is -3.97. The first-order valence-corrected chi connectivity index (χ1v) is 14.5. The summed E-state index contributed by atoms with van der Waals surface area (Å²) in [5.41, 5.74) is 3.16. The van der Waals surface area contributed by atoms with E-state index in [1.54, 1.807) is 0 Å². The second kappa shape index (κ2) is 17.6. The zero-order chi connectivity index (χ0) is 37.0. The molecule has 3 unspecified atom stereocenters. The van der Waals surface area contributed by atoms with Gasteiger partial charge in [0.25, 0.3) is 0 Å². The van der Waals surface area contributed by atoms with Crippen molar-refractivity contribution in [2.45, 2.75) is 43.3 Å². The number of halogens is 9. The second-order valence-corrected chi connectivity index (χ2v) is 11.4. The molecule has 2 aromatic rings. The van der Waals surface area contributed by atoms with Gasteiger partial charge in [-0.1, -0.05) is 36.4 Å². The van der Waals surface area contributed by atoms with Crippen LogP contribution in [0.1, 0.15) is 24.0 Å². The van der Waals surface area contributed by atoms with Crippen LogP contribution in [0.4, 0.5) is 39.5 Å². The van der Waals surface area contributed by atoms with E-state index >= 15 is 0 Å². The number of benzene rings is 1. The average Bonchev–Trinajstić information content (AvgIpc) is 3.65. The van der Waals surface area contributed by atoms with E-state index in [2.05, 4.69) is 57.2 Å². The van der Waals surface area contributed by atoms with Gasteiger partial charge < -0.3 is 25.0 Å². The monoisotopic (exact) mass is 719 g/mol. The first-order chi connectivity index (χ1) is 22.6. The van der Waals surface area contributed by atoms with Crippen LogP contribution < -0.4 is 0 Å². The van der Waals surface area contributed by atoms with Gasteiger partial charge in [0.1, 0.15) is 0 Å². The molecule has 274 valence electrons. The maximum Gasteiger partial charge on any atom is 0.490 e. The number of likely N-dealkylation sites (tertiary alicyclic amines) is 2. The topological polar surface area (TPSA) is 140 Å². The van der Waals surface area contributed by atoms with E-state index in [-0.39, 0.29) is 0 Å². The third-order valence-electron chi connectivity index (χ3n) is 7.86. The van der Waals surface area contributed by atoms with Crippen LogP contribution in [0, 0.1) is 11.8 Å². The Balaban J connectivity index is 0.000000325. The lowest BCUT2D eigenvalue weighted by Crippen LogP contribution is -2.50. The number of carboxylic acid groups (broad SMARTS) is 3. The summed E-state index contributed by atoms with van der Waals surface area (Å²) in [6.07, 6.45) is -8.87.